The molecule has 1 N–H and O–H groups in total. The Kier molecular flexibility index (Phi) is 3.36. The summed E-state index contributed by atoms with van der Waals surface area (Å²) in [5.74, 6) is -0.113. The number of amides is 1. The lowest BCUT2D eigenvalue weighted by molar-refractivity contribution is 0.103. The van der Waals surface area contributed by atoms with Crippen molar-refractivity contribution in [1.29, 1.82) is 0 Å². The smallest absolute Gasteiger partial charge is 0.266 e. The number of aromatic nitrogens is 1. The monoisotopic (exact) mass is 296 g/mol. The van der Waals surface area contributed by atoms with Crippen LogP contribution in [-0.4, -0.2) is 10.9 Å². The number of halogens is 1. The molecule has 0 fully saturated rings. The fourth-order valence-electron chi connectivity index (χ4n) is 1.25. The van der Waals surface area contributed by atoms with Crippen molar-refractivity contribution in [2.45, 2.75) is 6.92 Å². The van der Waals surface area contributed by atoms with Gasteiger partial charge in [-0.15, -0.1) is 11.3 Å². The van der Waals surface area contributed by atoms with Gasteiger partial charge in [0.2, 0.25) is 0 Å². The molecule has 2 aromatic heterocycles. The molecule has 3 nitrogen and oxygen atoms in total. The summed E-state index contributed by atoms with van der Waals surface area (Å²) in [6.07, 6.45) is 1.70. The molecule has 0 aliphatic rings. The van der Waals surface area contributed by atoms with E-state index in [-0.39, 0.29) is 5.91 Å². The Hall–Kier alpha value is -1.20. The van der Waals surface area contributed by atoms with Gasteiger partial charge in [-0.05, 0) is 46.4 Å². The molecule has 2 aromatic rings. The van der Waals surface area contributed by atoms with Gasteiger partial charge < -0.3 is 5.32 Å². The topological polar surface area (TPSA) is 42.0 Å². The minimum absolute atomic E-state index is 0.113. The van der Waals surface area contributed by atoms with E-state index in [1.807, 2.05) is 24.4 Å². The molecule has 0 unspecified atom stereocenters. The standard InChI is InChI=1S/C11H9BrN2OS/c1-7-9(3-2-5-13-7)14-11(15)10-8(12)4-6-16-10/h2-6H,1H3,(H,14,15). The van der Waals surface area contributed by atoms with Crippen LogP contribution in [0.15, 0.2) is 34.2 Å². The number of nitrogens with zero attached hydrogens (tertiary/aromatic N) is 1. The number of anilines is 1. The second-order valence-electron chi connectivity index (χ2n) is 3.19. The van der Waals surface area contributed by atoms with Gasteiger partial charge in [-0.1, -0.05) is 0 Å². The van der Waals surface area contributed by atoms with Crippen LogP contribution in [0.4, 0.5) is 5.69 Å². The second kappa shape index (κ2) is 4.76. The van der Waals surface area contributed by atoms with Crippen LogP contribution in [-0.2, 0) is 0 Å². The molecular formula is C11H9BrN2OS. The SMILES string of the molecule is Cc1ncccc1NC(=O)c1sccc1Br. The van der Waals surface area contributed by atoms with Crippen LogP contribution >= 0.6 is 27.3 Å². The lowest BCUT2D eigenvalue weighted by Gasteiger charge is -2.06. The molecule has 0 aromatic carbocycles. The molecule has 16 heavy (non-hydrogen) atoms. The van der Waals surface area contributed by atoms with Crippen LogP contribution in [0.25, 0.3) is 0 Å². The summed E-state index contributed by atoms with van der Waals surface area (Å²) in [4.78, 5) is 16.7. The van der Waals surface area contributed by atoms with Crippen molar-refractivity contribution < 1.29 is 4.79 Å². The molecule has 2 heterocycles. The third-order valence-corrected chi connectivity index (χ3v) is 3.91. The van der Waals surface area contributed by atoms with Gasteiger partial charge in [0, 0.05) is 10.7 Å². The van der Waals surface area contributed by atoms with Crippen molar-refractivity contribution in [3.8, 4) is 0 Å². The maximum absolute atomic E-state index is 11.9. The van der Waals surface area contributed by atoms with E-state index in [2.05, 4.69) is 26.2 Å². The minimum Gasteiger partial charge on any atom is -0.320 e. The first kappa shape index (κ1) is 11.3. The van der Waals surface area contributed by atoms with Gasteiger partial charge in [0.25, 0.3) is 5.91 Å². The van der Waals surface area contributed by atoms with Crippen molar-refractivity contribution in [3.05, 3.63) is 44.8 Å². The first-order valence-electron chi connectivity index (χ1n) is 4.64. The Labute approximate surface area is 106 Å². The van der Waals surface area contributed by atoms with E-state index in [1.54, 1.807) is 12.3 Å². The quantitative estimate of drug-likeness (QED) is 0.922. The Morgan fingerprint density at radius 2 is 2.31 bits per heavy atom. The number of thiophene rings is 1. The molecule has 5 heteroatoms. The number of carbonyl (C=O) groups excluding carboxylic acids is 1. The highest BCUT2D eigenvalue weighted by atomic mass is 79.9. The van der Waals surface area contributed by atoms with Crippen molar-refractivity contribution in [1.82, 2.24) is 4.98 Å². The van der Waals surface area contributed by atoms with Gasteiger partial charge in [-0.3, -0.25) is 9.78 Å². The van der Waals surface area contributed by atoms with Crippen LogP contribution in [0.3, 0.4) is 0 Å². The maximum atomic E-state index is 11.9. The van der Waals surface area contributed by atoms with Gasteiger partial charge in [-0.2, -0.15) is 0 Å². The van der Waals surface area contributed by atoms with E-state index in [0.29, 0.717) is 4.88 Å². The Morgan fingerprint density at radius 3 is 2.94 bits per heavy atom. The molecule has 82 valence electrons. The molecule has 0 saturated carbocycles. The molecule has 0 atom stereocenters. The number of pyridine rings is 1. The van der Waals surface area contributed by atoms with Gasteiger partial charge in [0.05, 0.1) is 11.4 Å². The van der Waals surface area contributed by atoms with E-state index in [4.69, 9.17) is 0 Å². The highest BCUT2D eigenvalue weighted by molar-refractivity contribution is 9.10. The lowest BCUT2D eigenvalue weighted by Crippen LogP contribution is -2.12. The van der Waals surface area contributed by atoms with E-state index < -0.39 is 0 Å². The summed E-state index contributed by atoms with van der Waals surface area (Å²) in [5, 5.41) is 4.70. The summed E-state index contributed by atoms with van der Waals surface area (Å²) in [6, 6.07) is 5.49. The van der Waals surface area contributed by atoms with Crippen LogP contribution < -0.4 is 5.32 Å². The zero-order valence-corrected chi connectivity index (χ0v) is 10.9. The summed E-state index contributed by atoms with van der Waals surface area (Å²) in [7, 11) is 0. The fraction of sp³-hybridized carbons (Fsp3) is 0.0909. The number of rotatable bonds is 2. The zero-order valence-electron chi connectivity index (χ0n) is 8.53. The molecule has 0 saturated heterocycles. The van der Waals surface area contributed by atoms with Crippen molar-refractivity contribution in [2.24, 2.45) is 0 Å². The summed E-state index contributed by atoms with van der Waals surface area (Å²) in [5.41, 5.74) is 1.55. The normalized spacial score (nSPS) is 10.1. The van der Waals surface area contributed by atoms with Crippen molar-refractivity contribution in [2.75, 3.05) is 5.32 Å². The minimum atomic E-state index is -0.113. The van der Waals surface area contributed by atoms with Crippen LogP contribution in [0, 0.1) is 6.92 Å². The zero-order chi connectivity index (χ0) is 11.5. The Bertz CT molecular complexity index is 524. The number of carbonyl (C=O) groups is 1. The first-order chi connectivity index (χ1) is 7.68. The fourth-order valence-corrected chi connectivity index (χ4v) is 2.70. The molecule has 2 rings (SSSR count). The highest BCUT2D eigenvalue weighted by Gasteiger charge is 2.12. The number of hydrogen-bond donors (Lipinski definition) is 1. The maximum Gasteiger partial charge on any atom is 0.266 e. The number of nitrogens with one attached hydrogen (secondary N) is 1. The first-order valence-corrected chi connectivity index (χ1v) is 6.31. The van der Waals surface area contributed by atoms with E-state index in [1.165, 1.54) is 11.3 Å². The third kappa shape index (κ3) is 2.31. The van der Waals surface area contributed by atoms with Crippen molar-refractivity contribution in [3.63, 3.8) is 0 Å². The Balaban J connectivity index is 2.21. The molecule has 0 bridgehead atoms. The molecule has 0 spiro atoms. The molecule has 0 aliphatic carbocycles. The van der Waals surface area contributed by atoms with Gasteiger partial charge in [0.15, 0.2) is 0 Å². The van der Waals surface area contributed by atoms with Crippen LogP contribution in [0.2, 0.25) is 0 Å². The van der Waals surface area contributed by atoms with Gasteiger partial charge >= 0.3 is 0 Å². The third-order valence-electron chi connectivity index (χ3n) is 2.08. The van der Waals surface area contributed by atoms with E-state index in [0.717, 1.165) is 15.9 Å². The Morgan fingerprint density at radius 1 is 1.50 bits per heavy atom. The van der Waals surface area contributed by atoms with Gasteiger partial charge in [-0.25, -0.2) is 0 Å². The van der Waals surface area contributed by atoms with E-state index >= 15 is 0 Å². The summed E-state index contributed by atoms with van der Waals surface area (Å²) in [6.45, 7) is 1.86. The van der Waals surface area contributed by atoms with Gasteiger partial charge in [0.1, 0.15) is 4.88 Å². The molecule has 1 amide bonds. The van der Waals surface area contributed by atoms with E-state index in [9.17, 15) is 4.79 Å². The summed E-state index contributed by atoms with van der Waals surface area (Å²) >= 11 is 4.74. The molecule has 0 radical (unpaired) electrons. The lowest BCUT2D eigenvalue weighted by atomic mass is 10.3. The van der Waals surface area contributed by atoms with Crippen LogP contribution in [0.5, 0.6) is 0 Å². The molecule has 0 aliphatic heterocycles. The van der Waals surface area contributed by atoms with Crippen molar-refractivity contribution >= 4 is 38.9 Å². The summed E-state index contributed by atoms with van der Waals surface area (Å²) < 4.78 is 0.816. The predicted octanol–water partition coefficient (Wildman–Crippen LogP) is 3.47. The molecular weight excluding hydrogens is 288 g/mol. The average molecular weight is 297 g/mol. The average Bonchev–Trinajstić information content (AvgIpc) is 2.68. The second-order valence-corrected chi connectivity index (χ2v) is 4.96. The van der Waals surface area contributed by atoms with Crippen LogP contribution in [0.1, 0.15) is 15.4 Å². The largest absolute Gasteiger partial charge is 0.320 e. The number of aryl methyl sites for hydroxylation is 1. The predicted molar refractivity (Wildman–Crippen MR) is 68.9 cm³/mol. The number of hydrogen-bond acceptors (Lipinski definition) is 3. The highest BCUT2D eigenvalue weighted by Crippen LogP contribution is 2.24.